The second-order valence-electron chi connectivity index (χ2n) is 6.95. The Morgan fingerprint density at radius 3 is 2.52 bits per heavy atom. The first kappa shape index (κ1) is 21.1. The van der Waals surface area contributed by atoms with Crippen LogP contribution in [0.2, 0.25) is 5.02 Å². The standard InChI is InChI=1S/C20H25ClN4O4/c1-3-29-19(27)17-16(12-24-8-10-25(11-9-24)13(2)26)22-20(28)23-18(17)14-6-4-5-7-15(14)21/h4-7,18H,3,8-12H2,1-2H3,(H2,22,23,28). The molecule has 1 aromatic carbocycles. The Morgan fingerprint density at radius 1 is 1.21 bits per heavy atom. The lowest BCUT2D eigenvalue weighted by Crippen LogP contribution is -2.52. The normalized spacial score (nSPS) is 20.2. The number of nitrogens with one attached hydrogen (secondary N) is 2. The third-order valence-corrected chi connectivity index (χ3v) is 5.41. The number of esters is 1. The molecule has 2 aliphatic heterocycles. The molecular weight excluding hydrogens is 396 g/mol. The molecule has 8 nitrogen and oxygen atoms in total. The molecule has 9 heteroatoms. The van der Waals surface area contributed by atoms with Crippen molar-refractivity contribution in [3.8, 4) is 0 Å². The predicted octanol–water partition coefficient (Wildman–Crippen LogP) is 1.68. The molecule has 1 saturated heterocycles. The number of carbonyl (C=O) groups excluding carboxylic acids is 3. The van der Waals surface area contributed by atoms with Crippen LogP contribution in [0.1, 0.15) is 25.5 Å². The first-order valence-electron chi connectivity index (χ1n) is 9.60. The van der Waals surface area contributed by atoms with Gasteiger partial charge >= 0.3 is 12.0 Å². The third-order valence-electron chi connectivity index (χ3n) is 5.06. The Bertz CT molecular complexity index is 834. The molecule has 1 atom stereocenters. The van der Waals surface area contributed by atoms with Crippen molar-refractivity contribution in [1.82, 2.24) is 20.4 Å². The van der Waals surface area contributed by atoms with E-state index in [4.69, 9.17) is 16.3 Å². The molecule has 2 aliphatic rings. The van der Waals surface area contributed by atoms with Crippen molar-refractivity contribution in [2.24, 2.45) is 0 Å². The van der Waals surface area contributed by atoms with E-state index in [-0.39, 0.29) is 12.5 Å². The molecule has 0 aliphatic carbocycles. The van der Waals surface area contributed by atoms with Gasteiger partial charge in [0.25, 0.3) is 0 Å². The van der Waals surface area contributed by atoms with Gasteiger partial charge in [0.15, 0.2) is 0 Å². The largest absolute Gasteiger partial charge is 0.463 e. The van der Waals surface area contributed by atoms with E-state index in [0.717, 1.165) is 0 Å². The number of urea groups is 1. The second kappa shape index (κ2) is 9.28. The predicted molar refractivity (Wildman–Crippen MR) is 108 cm³/mol. The van der Waals surface area contributed by atoms with Crippen LogP contribution in [-0.4, -0.2) is 67.0 Å². The summed E-state index contributed by atoms with van der Waals surface area (Å²) in [5.41, 5.74) is 1.47. The lowest BCUT2D eigenvalue weighted by atomic mass is 9.95. The van der Waals surface area contributed by atoms with Gasteiger partial charge in [0.05, 0.1) is 18.2 Å². The van der Waals surface area contributed by atoms with Crippen LogP contribution >= 0.6 is 11.6 Å². The van der Waals surface area contributed by atoms with Crippen molar-refractivity contribution in [2.75, 3.05) is 39.3 Å². The monoisotopic (exact) mass is 420 g/mol. The zero-order chi connectivity index (χ0) is 21.0. The van der Waals surface area contributed by atoms with Crippen LogP contribution in [-0.2, 0) is 14.3 Å². The van der Waals surface area contributed by atoms with Gasteiger partial charge in [-0.3, -0.25) is 9.69 Å². The Labute approximate surface area is 174 Å². The minimum absolute atomic E-state index is 0.0463. The topological polar surface area (TPSA) is 91.0 Å². The van der Waals surface area contributed by atoms with E-state index in [1.165, 1.54) is 0 Å². The van der Waals surface area contributed by atoms with Gasteiger partial charge in [0.2, 0.25) is 5.91 Å². The number of halogens is 1. The fourth-order valence-electron chi connectivity index (χ4n) is 3.58. The summed E-state index contributed by atoms with van der Waals surface area (Å²) >= 11 is 6.34. The van der Waals surface area contributed by atoms with Crippen LogP contribution in [0.4, 0.5) is 4.79 Å². The van der Waals surface area contributed by atoms with Gasteiger partial charge in [-0.05, 0) is 18.6 Å². The van der Waals surface area contributed by atoms with E-state index in [1.807, 2.05) is 0 Å². The van der Waals surface area contributed by atoms with Crippen molar-refractivity contribution in [3.63, 3.8) is 0 Å². The number of ether oxygens (including phenoxy) is 1. The fraction of sp³-hybridized carbons (Fsp3) is 0.450. The number of rotatable bonds is 5. The van der Waals surface area contributed by atoms with Crippen molar-refractivity contribution in [1.29, 1.82) is 0 Å². The molecule has 3 amide bonds. The van der Waals surface area contributed by atoms with Crippen molar-refractivity contribution in [3.05, 3.63) is 46.1 Å². The average molecular weight is 421 g/mol. The van der Waals surface area contributed by atoms with Crippen molar-refractivity contribution in [2.45, 2.75) is 19.9 Å². The quantitative estimate of drug-likeness (QED) is 0.707. The summed E-state index contributed by atoms with van der Waals surface area (Å²) in [5, 5.41) is 6.01. The van der Waals surface area contributed by atoms with Crippen molar-refractivity contribution >= 4 is 29.5 Å². The van der Waals surface area contributed by atoms with E-state index in [2.05, 4.69) is 15.5 Å². The number of benzene rings is 1. The average Bonchev–Trinajstić information content (AvgIpc) is 2.68. The van der Waals surface area contributed by atoms with Crippen LogP contribution in [0, 0.1) is 0 Å². The Hall–Kier alpha value is -2.58. The molecule has 3 rings (SSSR count). The highest BCUT2D eigenvalue weighted by Crippen LogP contribution is 2.32. The van der Waals surface area contributed by atoms with Gasteiger partial charge in [-0.25, -0.2) is 9.59 Å². The van der Waals surface area contributed by atoms with E-state index in [9.17, 15) is 14.4 Å². The summed E-state index contributed by atoms with van der Waals surface area (Å²) in [6, 6.07) is 5.98. The maximum atomic E-state index is 12.8. The third kappa shape index (κ3) is 4.89. The molecule has 2 N–H and O–H groups in total. The maximum Gasteiger partial charge on any atom is 0.338 e. The highest BCUT2D eigenvalue weighted by molar-refractivity contribution is 6.31. The SMILES string of the molecule is CCOC(=O)C1=C(CN2CCN(C(C)=O)CC2)NC(=O)NC1c1ccccc1Cl. The number of amides is 3. The molecule has 1 aromatic rings. The summed E-state index contributed by atoms with van der Waals surface area (Å²) < 4.78 is 5.27. The fourth-order valence-corrected chi connectivity index (χ4v) is 3.82. The molecule has 0 aromatic heterocycles. The Kier molecular flexibility index (Phi) is 6.76. The number of piperazine rings is 1. The molecule has 29 heavy (non-hydrogen) atoms. The molecule has 0 spiro atoms. The van der Waals surface area contributed by atoms with Crippen LogP contribution in [0.3, 0.4) is 0 Å². The maximum absolute atomic E-state index is 12.8. The molecule has 1 unspecified atom stereocenters. The minimum atomic E-state index is -0.704. The summed E-state index contributed by atoms with van der Waals surface area (Å²) in [5.74, 6) is -0.452. The lowest BCUT2D eigenvalue weighted by Gasteiger charge is -2.36. The van der Waals surface area contributed by atoms with Gasteiger partial charge in [-0.2, -0.15) is 0 Å². The summed E-state index contributed by atoms with van der Waals surface area (Å²) in [6.07, 6.45) is 0. The number of hydrogen-bond acceptors (Lipinski definition) is 5. The Balaban J connectivity index is 1.92. The van der Waals surface area contributed by atoms with Crippen molar-refractivity contribution < 1.29 is 19.1 Å². The van der Waals surface area contributed by atoms with E-state index in [1.54, 1.807) is 43.0 Å². The number of hydrogen-bond donors (Lipinski definition) is 2. The molecule has 0 bridgehead atoms. The van der Waals surface area contributed by atoms with Gasteiger partial charge in [0, 0.05) is 50.4 Å². The second-order valence-corrected chi connectivity index (χ2v) is 7.36. The van der Waals surface area contributed by atoms with Crippen LogP contribution in [0.15, 0.2) is 35.5 Å². The molecule has 1 fully saturated rings. The van der Waals surface area contributed by atoms with Gasteiger partial charge in [-0.1, -0.05) is 29.8 Å². The molecule has 156 valence electrons. The molecule has 0 saturated carbocycles. The highest BCUT2D eigenvalue weighted by Gasteiger charge is 2.35. The van der Waals surface area contributed by atoms with E-state index >= 15 is 0 Å². The number of carbonyl (C=O) groups is 3. The van der Waals surface area contributed by atoms with Crippen LogP contribution in [0.25, 0.3) is 0 Å². The highest BCUT2D eigenvalue weighted by atomic mass is 35.5. The van der Waals surface area contributed by atoms with Crippen LogP contribution in [0.5, 0.6) is 0 Å². The zero-order valence-corrected chi connectivity index (χ0v) is 17.3. The van der Waals surface area contributed by atoms with E-state index in [0.29, 0.717) is 54.6 Å². The Morgan fingerprint density at radius 2 is 1.90 bits per heavy atom. The van der Waals surface area contributed by atoms with E-state index < -0.39 is 18.0 Å². The zero-order valence-electron chi connectivity index (χ0n) is 16.5. The first-order chi connectivity index (χ1) is 13.9. The number of nitrogens with zero attached hydrogens (tertiary/aromatic N) is 2. The lowest BCUT2D eigenvalue weighted by molar-refractivity contribution is -0.139. The molecule has 2 heterocycles. The summed E-state index contributed by atoms with van der Waals surface area (Å²) in [7, 11) is 0. The van der Waals surface area contributed by atoms with Gasteiger partial charge in [-0.15, -0.1) is 0 Å². The molecule has 0 radical (unpaired) electrons. The van der Waals surface area contributed by atoms with Gasteiger partial charge < -0.3 is 20.3 Å². The molecular formula is C20H25ClN4O4. The summed E-state index contributed by atoms with van der Waals surface area (Å²) in [4.78, 5) is 40.6. The van der Waals surface area contributed by atoms with Crippen LogP contribution < -0.4 is 10.6 Å². The van der Waals surface area contributed by atoms with Gasteiger partial charge in [0.1, 0.15) is 0 Å². The smallest absolute Gasteiger partial charge is 0.338 e. The first-order valence-corrected chi connectivity index (χ1v) is 9.98. The summed E-state index contributed by atoms with van der Waals surface area (Å²) in [6.45, 7) is 6.40. The minimum Gasteiger partial charge on any atom is -0.463 e.